The maximum absolute atomic E-state index is 11.7. The minimum Gasteiger partial charge on any atom is -0.481 e. The zero-order valence-electron chi connectivity index (χ0n) is 12.6. The number of carboxylic acid groups (broad SMARTS) is 1. The van der Waals surface area contributed by atoms with Crippen LogP contribution in [0.2, 0.25) is 0 Å². The van der Waals surface area contributed by atoms with Crippen LogP contribution in [0.3, 0.4) is 0 Å². The monoisotopic (exact) mass is 302 g/mol. The van der Waals surface area contributed by atoms with Crippen molar-refractivity contribution in [1.29, 1.82) is 0 Å². The maximum Gasteiger partial charge on any atom is 0.305 e. The first-order valence-electron chi connectivity index (χ1n) is 7.35. The molecule has 1 amide bonds. The summed E-state index contributed by atoms with van der Waals surface area (Å²) in [6.07, 6.45) is 2.00. The lowest BCUT2D eigenvalue weighted by Gasteiger charge is -2.25. The number of rotatable bonds is 10. The summed E-state index contributed by atoms with van der Waals surface area (Å²) in [6, 6.07) is -1.70. The molecule has 0 aromatic heterocycles. The second-order valence-corrected chi connectivity index (χ2v) is 5.97. The van der Waals surface area contributed by atoms with Gasteiger partial charge in [0.1, 0.15) is 0 Å². The number of hydrogen-bond donors (Lipinski definition) is 4. The number of carbonyl (C=O) groups is 2. The smallest absolute Gasteiger partial charge is 0.305 e. The zero-order chi connectivity index (χ0) is 16.0. The Morgan fingerprint density at radius 3 is 2.43 bits per heavy atom. The fourth-order valence-electron chi connectivity index (χ4n) is 2.25. The Bertz CT molecular complexity index is 355. The SMILES string of the molecule is CC(C)C(OCC(CO)NC(=O)[C@@H](N)CC(=O)O)C1CC1. The van der Waals surface area contributed by atoms with Crippen LogP contribution >= 0.6 is 0 Å². The number of nitrogens with two attached hydrogens (primary N) is 1. The minimum atomic E-state index is -1.14. The van der Waals surface area contributed by atoms with Gasteiger partial charge in [-0.3, -0.25) is 9.59 Å². The van der Waals surface area contributed by atoms with Crippen LogP contribution in [0.4, 0.5) is 0 Å². The third-order valence-electron chi connectivity index (χ3n) is 3.53. The van der Waals surface area contributed by atoms with Crippen molar-refractivity contribution >= 4 is 11.9 Å². The molecule has 1 saturated carbocycles. The van der Waals surface area contributed by atoms with Crippen molar-refractivity contribution in [3.8, 4) is 0 Å². The molecule has 7 heteroatoms. The first kappa shape index (κ1) is 17.9. The first-order chi connectivity index (χ1) is 9.85. The molecule has 0 aromatic carbocycles. The summed E-state index contributed by atoms with van der Waals surface area (Å²) >= 11 is 0. The van der Waals surface area contributed by atoms with Crippen LogP contribution in [-0.2, 0) is 14.3 Å². The summed E-state index contributed by atoms with van der Waals surface area (Å²) in [7, 11) is 0. The van der Waals surface area contributed by atoms with E-state index in [1.807, 2.05) is 0 Å². The zero-order valence-corrected chi connectivity index (χ0v) is 12.6. The van der Waals surface area contributed by atoms with Crippen LogP contribution in [0.15, 0.2) is 0 Å². The molecule has 1 aliphatic carbocycles. The maximum atomic E-state index is 11.7. The number of aliphatic hydroxyl groups is 1. The van der Waals surface area contributed by atoms with Gasteiger partial charge < -0.3 is 26.0 Å². The largest absolute Gasteiger partial charge is 0.481 e. The van der Waals surface area contributed by atoms with Gasteiger partial charge in [0.2, 0.25) is 5.91 Å². The predicted octanol–water partition coefficient (Wildman–Crippen LogP) is -0.283. The van der Waals surface area contributed by atoms with Gasteiger partial charge >= 0.3 is 5.97 Å². The minimum absolute atomic E-state index is 0.128. The highest BCUT2D eigenvalue weighted by Gasteiger charge is 2.34. The topological polar surface area (TPSA) is 122 Å². The Hall–Kier alpha value is -1.18. The molecule has 2 unspecified atom stereocenters. The van der Waals surface area contributed by atoms with E-state index in [2.05, 4.69) is 19.2 Å². The van der Waals surface area contributed by atoms with Crippen molar-refractivity contribution in [2.75, 3.05) is 13.2 Å². The van der Waals surface area contributed by atoms with E-state index in [1.165, 1.54) is 0 Å². The summed E-state index contributed by atoms with van der Waals surface area (Å²) < 4.78 is 5.81. The van der Waals surface area contributed by atoms with E-state index in [1.54, 1.807) is 0 Å². The molecule has 0 spiro atoms. The van der Waals surface area contributed by atoms with Gasteiger partial charge in [-0.15, -0.1) is 0 Å². The molecule has 5 N–H and O–H groups in total. The predicted molar refractivity (Wildman–Crippen MR) is 76.5 cm³/mol. The molecule has 1 aliphatic rings. The summed E-state index contributed by atoms with van der Waals surface area (Å²) in [5, 5.41) is 20.4. The van der Waals surface area contributed by atoms with Crippen molar-refractivity contribution in [3.63, 3.8) is 0 Å². The number of ether oxygens (including phenoxy) is 1. The molecule has 0 radical (unpaired) electrons. The van der Waals surface area contributed by atoms with Gasteiger partial charge in [-0.2, -0.15) is 0 Å². The number of carbonyl (C=O) groups excluding carboxylic acids is 1. The highest BCUT2D eigenvalue weighted by atomic mass is 16.5. The number of amides is 1. The Balaban J connectivity index is 2.39. The number of carboxylic acids is 1. The Kier molecular flexibility index (Phi) is 7.07. The van der Waals surface area contributed by atoms with Crippen LogP contribution in [0.1, 0.15) is 33.1 Å². The first-order valence-corrected chi connectivity index (χ1v) is 7.35. The van der Waals surface area contributed by atoms with Gasteiger partial charge in [-0.1, -0.05) is 13.8 Å². The van der Waals surface area contributed by atoms with Gasteiger partial charge in [-0.25, -0.2) is 0 Å². The van der Waals surface area contributed by atoms with E-state index in [0.29, 0.717) is 11.8 Å². The normalized spacial score (nSPS) is 19.1. The van der Waals surface area contributed by atoms with Gasteiger partial charge in [0.15, 0.2) is 0 Å². The average molecular weight is 302 g/mol. The highest BCUT2D eigenvalue weighted by molar-refractivity contribution is 5.86. The molecule has 7 nitrogen and oxygen atoms in total. The van der Waals surface area contributed by atoms with Crippen molar-refractivity contribution < 1.29 is 24.5 Å². The van der Waals surface area contributed by atoms with Gasteiger partial charge in [0.05, 0.1) is 37.8 Å². The molecule has 1 rings (SSSR count). The van der Waals surface area contributed by atoms with Gasteiger partial charge in [0, 0.05) is 0 Å². The molecular formula is C14H26N2O5. The van der Waals surface area contributed by atoms with E-state index in [4.69, 9.17) is 15.6 Å². The van der Waals surface area contributed by atoms with E-state index < -0.39 is 30.4 Å². The molecular weight excluding hydrogens is 276 g/mol. The molecule has 3 atom stereocenters. The van der Waals surface area contributed by atoms with Crippen LogP contribution in [0.25, 0.3) is 0 Å². The van der Waals surface area contributed by atoms with Crippen LogP contribution in [-0.4, -0.2) is 53.5 Å². The third kappa shape index (κ3) is 6.41. The lowest BCUT2D eigenvalue weighted by atomic mass is 10.0. The van der Waals surface area contributed by atoms with E-state index in [-0.39, 0.29) is 19.3 Å². The average Bonchev–Trinajstić information content (AvgIpc) is 3.20. The molecule has 0 saturated heterocycles. The molecule has 0 heterocycles. The highest BCUT2D eigenvalue weighted by Crippen LogP contribution is 2.37. The molecule has 122 valence electrons. The summed E-state index contributed by atoms with van der Waals surface area (Å²) in [5.41, 5.74) is 5.47. The lowest BCUT2D eigenvalue weighted by molar-refractivity contribution is -0.139. The standard InChI is InChI=1S/C14H26N2O5/c1-8(2)13(9-3-4-9)21-7-10(6-17)16-14(20)11(15)5-12(18)19/h8-11,13,17H,3-7,15H2,1-2H3,(H,16,20)(H,18,19)/t10?,11-,13?/m0/s1. The Morgan fingerprint density at radius 1 is 1.38 bits per heavy atom. The molecule has 0 aliphatic heterocycles. The van der Waals surface area contributed by atoms with Crippen LogP contribution in [0, 0.1) is 11.8 Å². The quantitative estimate of drug-likeness (QED) is 0.440. The number of aliphatic hydroxyl groups excluding tert-OH is 1. The fraction of sp³-hybridized carbons (Fsp3) is 0.857. The number of nitrogens with one attached hydrogen (secondary N) is 1. The van der Waals surface area contributed by atoms with Gasteiger partial charge in [-0.05, 0) is 24.7 Å². The molecule has 21 heavy (non-hydrogen) atoms. The van der Waals surface area contributed by atoms with Crippen LogP contribution < -0.4 is 11.1 Å². The Morgan fingerprint density at radius 2 is 2.00 bits per heavy atom. The second-order valence-electron chi connectivity index (χ2n) is 5.97. The van der Waals surface area contributed by atoms with Gasteiger partial charge in [0.25, 0.3) is 0 Å². The number of aliphatic carboxylic acids is 1. The van der Waals surface area contributed by atoms with E-state index in [9.17, 15) is 14.7 Å². The molecule has 0 bridgehead atoms. The van der Waals surface area contributed by atoms with Crippen molar-refractivity contribution in [2.45, 2.75) is 51.3 Å². The second kappa shape index (κ2) is 8.31. The molecule has 1 fully saturated rings. The lowest BCUT2D eigenvalue weighted by Crippen LogP contribution is -2.49. The third-order valence-corrected chi connectivity index (χ3v) is 3.53. The van der Waals surface area contributed by atoms with E-state index >= 15 is 0 Å². The van der Waals surface area contributed by atoms with Crippen LogP contribution in [0.5, 0.6) is 0 Å². The van der Waals surface area contributed by atoms with Crippen molar-refractivity contribution in [2.24, 2.45) is 17.6 Å². The summed E-state index contributed by atoms with van der Waals surface area (Å²) in [5.74, 6) is -0.785. The molecule has 0 aromatic rings. The van der Waals surface area contributed by atoms with E-state index in [0.717, 1.165) is 12.8 Å². The summed E-state index contributed by atoms with van der Waals surface area (Å²) in [6.45, 7) is 4.08. The Labute approximate surface area is 124 Å². The van der Waals surface area contributed by atoms with Crippen molar-refractivity contribution in [3.05, 3.63) is 0 Å². The summed E-state index contributed by atoms with van der Waals surface area (Å²) in [4.78, 5) is 22.2. The fourth-order valence-corrected chi connectivity index (χ4v) is 2.25. The van der Waals surface area contributed by atoms with Crippen molar-refractivity contribution in [1.82, 2.24) is 5.32 Å². The number of hydrogen-bond acceptors (Lipinski definition) is 5.